The van der Waals surface area contributed by atoms with Gasteiger partial charge in [0, 0.05) is 26.8 Å². The molecule has 4 nitrogen and oxygen atoms in total. The van der Waals surface area contributed by atoms with Crippen molar-refractivity contribution in [2.24, 2.45) is 4.99 Å². The van der Waals surface area contributed by atoms with Crippen LogP contribution in [0.2, 0.25) is 0 Å². The lowest BCUT2D eigenvalue weighted by molar-refractivity contribution is 0.192. The summed E-state index contributed by atoms with van der Waals surface area (Å²) in [6.07, 6.45) is 4.49. The first-order valence-corrected chi connectivity index (χ1v) is 8.39. The fraction of sp³-hybridized carbons (Fsp3) is 0.611. The van der Waals surface area contributed by atoms with E-state index >= 15 is 0 Å². The second-order valence-electron chi connectivity index (χ2n) is 5.30. The highest BCUT2D eigenvalue weighted by atomic mass is 16.5. The van der Waals surface area contributed by atoms with Crippen LogP contribution in [0.5, 0.6) is 0 Å². The smallest absolute Gasteiger partial charge is 0.191 e. The fourth-order valence-corrected chi connectivity index (χ4v) is 2.32. The zero-order valence-electron chi connectivity index (χ0n) is 14.3. The van der Waals surface area contributed by atoms with Crippen LogP contribution in [0.3, 0.4) is 0 Å². The van der Waals surface area contributed by atoms with Crippen LogP contribution in [0.25, 0.3) is 0 Å². The van der Waals surface area contributed by atoms with Crippen LogP contribution in [-0.4, -0.2) is 32.8 Å². The van der Waals surface area contributed by atoms with Crippen LogP contribution in [-0.2, 0) is 17.7 Å². The van der Waals surface area contributed by atoms with Crippen molar-refractivity contribution < 1.29 is 4.74 Å². The molecule has 0 spiro atoms. The first-order chi connectivity index (χ1) is 10.8. The number of hydrogen-bond donors (Lipinski definition) is 2. The summed E-state index contributed by atoms with van der Waals surface area (Å²) in [5, 5.41) is 6.71. The second kappa shape index (κ2) is 12.0. The van der Waals surface area contributed by atoms with Gasteiger partial charge in [-0.25, -0.2) is 4.99 Å². The van der Waals surface area contributed by atoms with Crippen LogP contribution in [0.1, 0.15) is 44.2 Å². The number of aryl methyl sites for hydroxylation is 1. The SMILES string of the molecule is CCNC(=NCc1ccccc1CC)NCCCCCOC. The molecule has 0 unspecified atom stereocenters. The van der Waals surface area contributed by atoms with Gasteiger partial charge in [0.1, 0.15) is 0 Å². The molecule has 2 N–H and O–H groups in total. The normalized spacial score (nSPS) is 11.5. The number of unbranched alkanes of at least 4 members (excludes halogenated alkanes) is 2. The molecule has 0 radical (unpaired) electrons. The number of aliphatic imine (C=N–C) groups is 1. The van der Waals surface area contributed by atoms with E-state index in [1.807, 2.05) is 0 Å². The Balaban J connectivity index is 2.44. The van der Waals surface area contributed by atoms with Gasteiger partial charge < -0.3 is 15.4 Å². The maximum absolute atomic E-state index is 5.06. The topological polar surface area (TPSA) is 45.7 Å². The Hall–Kier alpha value is -1.55. The van der Waals surface area contributed by atoms with Gasteiger partial charge in [-0.1, -0.05) is 31.2 Å². The van der Waals surface area contributed by atoms with Crippen molar-refractivity contribution in [1.29, 1.82) is 0 Å². The molecule has 1 aromatic carbocycles. The highest BCUT2D eigenvalue weighted by molar-refractivity contribution is 5.79. The molecule has 124 valence electrons. The van der Waals surface area contributed by atoms with E-state index in [1.54, 1.807) is 7.11 Å². The summed E-state index contributed by atoms with van der Waals surface area (Å²) in [6.45, 7) is 7.68. The Morgan fingerprint density at radius 2 is 1.82 bits per heavy atom. The molecule has 0 aromatic heterocycles. The summed E-state index contributed by atoms with van der Waals surface area (Å²) in [7, 11) is 1.75. The minimum absolute atomic E-state index is 0.725. The Morgan fingerprint density at radius 1 is 1.05 bits per heavy atom. The van der Waals surface area contributed by atoms with Crippen molar-refractivity contribution in [2.75, 3.05) is 26.8 Å². The van der Waals surface area contributed by atoms with Crippen LogP contribution in [0, 0.1) is 0 Å². The molecule has 0 amide bonds. The predicted molar refractivity (Wildman–Crippen MR) is 94.4 cm³/mol. The van der Waals surface area contributed by atoms with E-state index in [0.717, 1.165) is 51.5 Å². The number of nitrogens with one attached hydrogen (secondary N) is 2. The number of hydrogen-bond acceptors (Lipinski definition) is 2. The highest BCUT2D eigenvalue weighted by Gasteiger charge is 2.01. The Labute approximate surface area is 135 Å². The average Bonchev–Trinajstić information content (AvgIpc) is 2.56. The number of nitrogens with zero attached hydrogens (tertiary/aromatic N) is 1. The quantitative estimate of drug-likeness (QED) is 0.396. The van der Waals surface area contributed by atoms with Crippen molar-refractivity contribution >= 4 is 5.96 Å². The molecular weight excluding hydrogens is 274 g/mol. The van der Waals surface area contributed by atoms with Crippen LogP contribution >= 0.6 is 0 Å². The molecule has 0 aliphatic carbocycles. The van der Waals surface area contributed by atoms with E-state index in [4.69, 9.17) is 9.73 Å². The molecule has 22 heavy (non-hydrogen) atoms. The molecule has 0 atom stereocenters. The summed E-state index contributed by atoms with van der Waals surface area (Å²) in [5.74, 6) is 0.903. The Bertz CT molecular complexity index is 432. The highest BCUT2D eigenvalue weighted by Crippen LogP contribution is 2.10. The van der Waals surface area contributed by atoms with Crippen molar-refractivity contribution in [3.05, 3.63) is 35.4 Å². The second-order valence-corrected chi connectivity index (χ2v) is 5.30. The lowest BCUT2D eigenvalue weighted by Crippen LogP contribution is -2.37. The minimum atomic E-state index is 0.725. The molecule has 0 aliphatic heterocycles. The predicted octanol–water partition coefficient (Wildman–Crippen LogP) is 3.12. The zero-order chi connectivity index (χ0) is 16.0. The summed E-state index contributed by atoms with van der Waals surface area (Å²) in [4.78, 5) is 4.70. The molecule has 1 aromatic rings. The first kappa shape index (κ1) is 18.5. The molecule has 1 rings (SSSR count). The summed E-state index contributed by atoms with van der Waals surface area (Å²) in [6, 6.07) is 8.52. The average molecular weight is 305 g/mol. The van der Waals surface area contributed by atoms with Gasteiger partial charge in [0.05, 0.1) is 6.54 Å². The maximum Gasteiger partial charge on any atom is 0.191 e. The molecule has 0 saturated carbocycles. The van der Waals surface area contributed by atoms with E-state index < -0.39 is 0 Å². The molecule has 4 heteroatoms. The van der Waals surface area contributed by atoms with Gasteiger partial charge in [-0.2, -0.15) is 0 Å². The van der Waals surface area contributed by atoms with E-state index in [1.165, 1.54) is 17.5 Å². The van der Waals surface area contributed by atoms with Crippen LogP contribution in [0.15, 0.2) is 29.3 Å². The fourth-order valence-electron chi connectivity index (χ4n) is 2.32. The standard InChI is InChI=1S/C18H31N3O/c1-4-16-11-7-8-12-17(16)15-21-18(19-5-2)20-13-9-6-10-14-22-3/h7-8,11-12H,4-6,9-10,13-15H2,1-3H3,(H2,19,20,21). The van der Waals surface area contributed by atoms with Gasteiger partial charge in [0.15, 0.2) is 5.96 Å². The summed E-state index contributed by atoms with van der Waals surface area (Å²) < 4.78 is 5.06. The van der Waals surface area contributed by atoms with E-state index in [2.05, 4.69) is 48.7 Å². The number of methoxy groups -OCH3 is 1. The van der Waals surface area contributed by atoms with E-state index in [0.29, 0.717) is 0 Å². The van der Waals surface area contributed by atoms with Gasteiger partial charge >= 0.3 is 0 Å². The lowest BCUT2D eigenvalue weighted by Gasteiger charge is -2.12. The summed E-state index contributed by atoms with van der Waals surface area (Å²) in [5.41, 5.74) is 2.68. The lowest BCUT2D eigenvalue weighted by atomic mass is 10.1. The number of rotatable bonds is 10. The van der Waals surface area contributed by atoms with Crippen molar-refractivity contribution in [1.82, 2.24) is 10.6 Å². The molecule has 0 aliphatic rings. The van der Waals surface area contributed by atoms with Crippen molar-refractivity contribution in [3.63, 3.8) is 0 Å². The minimum Gasteiger partial charge on any atom is -0.385 e. The monoisotopic (exact) mass is 305 g/mol. The first-order valence-electron chi connectivity index (χ1n) is 8.39. The number of benzene rings is 1. The van der Waals surface area contributed by atoms with Gasteiger partial charge in [-0.05, 0) is 43.7 Å². The molecule has 0 bridgehead atoms. The van der Waals surface area contributed by atoms with Gasteiger partial charge in [0.2, 0.25) is 0 Å². The number of guanidine groups is 1. The van der Waals surface area contributed by atoms with Crippen LogP contribution < -0.4 is 10.6 Å². The van der Waals surface area contributed by atoms with Gasteiger partial charge in [-0.15, -0.1) is 0 Å². The Kier molecular flexibility index (Phi) is 10.1. The zero-order valence-corrected chi connectivity index (χ0v) is 14.3. The molecular formula is C18H31N3O. The molecule has 0 fully saturated rings. The van der Waals surface area contributed by atoms with Crippen molar-refractivity contribution in [3.8, 4) is 0 Å². The summed E-state index contributed by atoms with van der Waals surface area (Å²) >= 11 is 0. The third kappa shape index (κ3) is 7.46. The van der Waals surface area contributed by atoms with E-state index in [9.17, 15) is 0 Å². The largest absolute Gasteiger partial charge is 0.385 e. The third-order valence-electron chi connectivity index (χ3n) is 3.57. The molecule has 0 heterocycles. The van der Waals surface area contributed by atoms with E-state index in [-0.39, 0.29) is 0 Å². The maximum atomic E-state index is 5.06. The van der Waals surface area contributed by atoms with Crippen molar-refractivity contribution in [2.45, 2.75) is 46.1 Å². The third-order valence-corrected chi connectivity index (χ3v) is 3.57. The number of ether oxygens (including phenoxy) is 1. The Morgan fingerprint density at radius 3 is 2.50 bits per heavy atom. The van der Waals surface area contributed by atoms with Gasteiger partial charge in [0.25, 0.3) is 0 Å². The molecule has 0 saturated heterocycles. The van der Waals surface area contributed by atoms with Crippen LogP contribution in [0.4, 0.5) is 0 Å². The van der Waals surface area contributed by atoms with Gasteiger partial charge in [-0.3, -0.25) is 0 Å².